The monoisotopic (exact) mass is 335 g/mol. The molecule has 2 N–H and O–H groups in total. The van der Waals surface area contributed by atoms with Gasteiger partial charge >= 0.3 is 0 Å². The molecule has 1 heterocycles. The van der Waals surface area contributed by atoms with Gasteiger partial charge in [0.15, 0.2) is 0 Å². The molecule has 0 atom stereocenters. The molecule has 0 saturated heterocycles. The highest BCUT2D eigenvalue weighted by atomic mass is 16.5. The summed E-state index contributed by atoms with van der Waals surface area (Å²) in [6, 6.07) is 18.0. The van der Waals surface area contributed by atoms with Crippen molar-refractivity contribution >= 4 is 23.2 Å². The first-order valence-electron chi connectivity index (χ1n) is 7.79. The van der Waals surface area contributed by atoms with Crippen LogP contribution in [0, 0.1) is 6.92 Å². The van der Waals surface area contributed by atoms with Crippen molar-refractivity contribution in [2.24, 2.45) is 0 Å². The van der Waals surface area contributed by atoms with Gasteiger partial charge in [0.25, 0.3) is 5.91 Å². The maximum atomic E-state index is 12.1. The summed E-state index contributed by atoms with van der Waals surface area (Å²) in [4.78, 5) is 24.2. The van der Waals surface area contributed by atoms with Gasteiger partial charge in [0.1, 0.15) is 0 Å². The molecule has 3 aromatic rings. The van der Waals surface area contributed by atoms with E-state index in [0.29, 0.717) is 17.1 Å². The highest BCUT2D eigenvalue weighted by Crippen LogP contribution is 2.17. The van der Waals surface area contributed by atoms with Gasteiger partial charge in [-0.2, -0.15) is 0 Å². The van der Waals surface area contributed by atoms with Gasteiger partial charge < -0.3 is 15.2 Å². The van der Waals surface area contributed by atoms with Crippen LogP contribution in [0.4, 0.5) is 11.4 Å². The van der Waals surface area contributed by atoms with Crippen LogP contribution in [-0.4, -0.2) is 17.0 Å². The van der Waals surface area contributed by atoms with Crippen LogP contribution >= 0.6 is 0 Å². The lowest BCUT2D eigenvalue weighted by Gasteiger charge is -2.08. The number of rotatable bonds is 5. The van der Waals surface area contributed by atoms with E-state index in [1.165, 1.54) is 0 Å². The Morgan fingerprint density at radius 2 is 1.68 bits per heavy atom. The van der Waals surface area contributed by atoms with Gasteiger partial charge in [-0.05, 0) is 30.7 Å². The Hall–Kier alpha value is -3.41. The van der Waals surface area contributed by atoms with Crippen LogP contribution in [0.5, 0.6) is 0 Å². The fourth-order valence-corrected chi connectivity index (χ4v) is 2.32. The average Bonchev–Trinajstić information content (AvgIpc) is 3.02. The van der Waals surface area contributed by atoms with Gasteiger partial charge in [-0.1, -0.05) is 41.6 Å². The number of amides is 2. The van der Waals surface area contributed by atoms with Crippen molar-refractivity contribution in [2.45, 2.75) is 13.3 Å². The third-order valence-corrected chi connectivity index (χ3v) is 3.46. The van der Waals surface area contributed by atoms with E-state index in [2.05, 4.69) is 15.8 Å². The van der Waals surface area contributed by atoms with E-state index in [1.54, 1.807) is 37.3 Å². The van der Waals surface area contributed by atoms with Gasteiger partial charge in [0.05, 0.1) is 12.1 Å². The smallest absolute Gasteiger partial charge is 0.294 e. The van der Waals surface area contributed by atoms with E-state index in [0.717, 1.165) is 5.56 Å². The van der Waals surface area contributed by atoms with Crippen LogP contribution in [-0.2, 0) is 11.2 Å². The number of anilines is 2. The van der Waals surface area contributed by atoms with Crippen molar-refractivity contribution < 1.29 is 14.1 Å². The lowest BCUT2D eigenvalue weighted by Crippen LogP contribution is -2.15. The van der Waals surface area contributed by atoms with E-state index in [4.69, 9.17) is 4.52 Å². The van der Waals surface area contributed by atoms with Crippen molar-refractivity contribution in [2.75, 3.05) is 10.6 Å². The molecular weight excluding hydrogens is 318 g/mol. The zero-order valence-electron chi connectivity index (χ0n) is 13.7. The van der Waals surface area contributed by atoms with Crippen LogP contribution in [0.3, 0.4) is 0 Å². The first-order chi connectivity index (χ1) is 12.1. The Balaban J connectivity index is 1.63. The number of nitrogens with one attached hydrogen (secondary N) is 2. The molecule has 0 bridgehead atoms. The molecule has 0 aliphatic rings. The largest absolute Gasteiger partial charge is 0.351 e. The lowest BCUT2D eigenvalue weighted by atomic mass is 10.1. The van der Waals surface area contributed by atoms with Crippen molar-refractivity contribution in [3.05, 3.63) is 77.7 Å². The Labute approximate surface area is 144 Å². The van der Waals surface area contributed by atoms with E-state index in [9.17, 15) is 9.59 Å². The molecule has 0 fully saturated rings. The molecule has 2 amide bonds. The van der Waals surface area contributed by atoms with Gasteiger partial charge in [0.2, 0.25) is 11.7 Å². The Morgan fingerprint density at radius 1 is 0.960 bits per heavy atom. The number of aryl methyl sites for hydroxylation is 1. The van der Waals surface area contributed by atoms with Gasteiger partial charge in [-0.15, -0.1) is 0 Å². The Morgan fingerprint density at radius 3 is 2.36 bits per heavy atom. The van der Waals surface area contributed by atoms with Crippen molar-refractivity contribution in [3.8, 4) is 0 Å². The fourth-order valence-electron chi connectivity index (χ4n) is 2.32. The normalized spacial score (nSPS) is 10.3. The molecule has 0 aliphatic heterocycles. The van der Waals surface area contributed by atoms with Gasteiger partial charge in [-0.3, -0.25) is 9.59 Å². The third kappa shape index (κ3) is 4.54. The zero-order valence-corrected chi connectivity index (χ0v) is 13.7. The minimum Gasteiger partial charge on any atom is -0.351 e. The third-order valence-electron chi connectivity index (χ3n) is 3.46. The molecule has 0 radical (unpaired) electrons. The first kappa shape index (κ1) is 16.4. The van der Waals surface area contributed by atoms with Crippen molar-refractivity contribution in [1.29, 1.82) is 0 Å². The standard InChI is InChI=1S/C19H17N3O3/c1-13-10-17(25-22-13)19(24)21-16-9-5-8-15(12-16)20-18(23)11-14-6-3-2-4-7-14/h2-10,12H,11H2,1H3,(H,20,23)(H,21,24). The molecule has 6 heteroatoms. The number of aromatic nitrogens is 1. The fraction of sp³-hybridized carbons (Fsp3) is 0.105. The molecular formula is C19H17N3O3. The Kier molecular flexibility index (Phi) is 4.89. The molecule has 25 heavy (non-hydrogen) atoms. The second-order valence-electron chi connectivity index (χ2n) is 5.58. The number of benzene rings is 2. The second kappa shape index (κ2) is 7.44. The molecule has 0 unspecified atom stereocenters. The number of carbonyl (C=O) groups excluding carboxylic acids is 2. The van der Waals surface area contributed by atoms with Gasteiger partial charge in [0, 0.05) is 17.4 Å². The number of carbonyl (C=O) groups is 2. The molecule has 126 valence electrons. The van der Waals surface area contributed by atoms with Crippen LogP contribution in [0.2, 0.25) is 0 Å². The predicted octanol–water partition coefficient (Wildman–Crippen LogP) is 3.42. The van der Waals surface area contributed by atoms with E-state index >= 15 is 0 Å². The van der Waals surface area contributed by atoms with Crippen molar-refractivity contribution in [1.82, 2.24) is 5.16 Å². The summed E-state index contributed by atoms with van der Waals surface area (Å²) in [6.07, 6.45) is 0.286. The Bertz CT molecular complexity index is 888. The second-order valence-corrected chi connectivity index (χ2v) is 5.58. The molecule has 1 aromatic heterocycles. The summed E-state index contributed by atoms with van der Waals surface area (Å²) in [6.45, 7) is 1.74. The average molecular weight is 335 g/mol. The van der Waals surface area contributed by atoms with Crippen molar-refractivity contribution in [3.63, 3.8) is 0 Å². The summed E-state index contributed by atoms with van der Waals surface area (Å²) in [5, 5.41) is 9.22. The van der Waals surface area contributed by atoms with E-state index in [-0.39, 0.29) is 18.1 Å². The van der Waals surface area contributed by atoms with E-state index in [1.807, 2.05) is 30.3 Å². The molecule has 0 spiro atoms. The topological polar surface area (TPSA) is 84.2 Å². The summed E-state index contributed by atoms with van der Waals surface area (Å²) in [7, 11) is 0. The molecule has 3 rings (SSSR count). The summed E-state index contributed by atoms with van der Waals surface area (Å²) in [5.74, 6) is -0.384. The predicted molar refractivity (Wildman–Crippen MR) is 94.4 cm³/mol. The maximum absolute atomic E-state index is 12.1. The summed E-state index contributed by atoms with van der Waals surface area (Å²) >= 11 is 0. The minimum atomic E-state index is -0.395. The summed E-state index contributed by atoms with van der Waals surface area (Å²) < 4.78 is 4.93. The highest BCUT2D eigenvalue weighted by Gasteiger charge is 2.12. The lowest BCUT2D eigenvalue weighted by molar-refractivity contribution is -0.115. The van der Waals surface area contributed by atoms with Crippen LogP contribution in [0.1, 0.15) is 21.8 Å². The SMILES string of the molecule is Cc1cc(C(=O)Nc2cccc(NC(=O)Cc3ccccc3)c2)on1. The number of nitrogens with zero attached hydrogens (tertiary/aromatic N) is 1. The summed E-state index contributed by atoms with van der Waals surface area (Å²) in [5.41, 5.74) is 2.72. The quantitative estimate of drug-likeness (QED) is 0.748. The zero-order chi connectivity index (χ0) is 17.6. The molecule has 2 aromatic carbocycles. The first-order valence-corrected chi connectivity index (χ1v) is 7.79. The number of hydrogen-bond acceptors (Lipinski definition) is 4. The highest BCUT2D eigenvalue weighted by molar-refractivity contribution is 6.02. The van der Waals surface area contributed by atoms with Crippen LogP contribution < -0.4 is 10.6 Å². The minimum absolute atomic E-state index is 0.125. The molecule has 6 nitrogen and oxygen atoms in total. The van der Waals surface area contributed by atoms with Crippen LogP contribution in [0.25, 0.3) is 0 Å². The molecule has 0 aliphatic carbocycles. The number of hydrogen-bond donors (Lipinski definition) is 2. The van der Waals surface area contributed by atoms with E-state index < -0.39 is 5.91 Å². The maximum Gasteiger partial charge on any atom is 0.294 e. The molecule has 0 saturated carbocycles. The van der Waals surface area contributed by atoms with Gasteiger partial charge in [-0.25, -0.2) is 0 Å². The van der Waals surface area contributed by atoms with Crippen LogP contribution in [0.15, 0.2) is 65.2 Å².